The van der Waals surface area contributed by atoms with Crippen LogP contribution >= 0.6 is 0 Å². The van der Waals surface area contributed by atoms with Gasteiger partial charge in [-0.05, 0) is 0 Å². The lowest BCUT2D eigenvalue weighted by Gasteiger charge is -2.14. The minimum atomic E-state index is -1.79. The Hall–Kier alpha value is -2.04. The lowest BCUT2D eigenvalue weighted by atomic mass is 10.1. The zero-order chi connectivity index (χ0) is 14.4. The number of nitrogens with one attached hydrogen (secondary N) is 1. The summed E-state index contributed by atoms with van der Waals surface area (Å²) in [6.45, 7) is -0.527. The van der Waals surface area contributed by atoms with Gasteiger partial charge in [-0.3, -0.25) is 9.55 Å². The van der Waals surface area contributed by atoms with Crippen molar-refractivity contribution in [2.75, 3.05) is 12.3 Å². The molecule has 0 bridgehead atoms. The van der Waals surface area contributed by atoms with Gasteiger partial charge in [0.2, 0.25) is 0 Å². The summed E-state index contributed by atoms with van der Waals surface area (Å²) in [6, 6.07) is 0. The van der Waals surface area contributed by atoms with Crippen molar-refractivity contribution in [2.24, 2.45) is 0 Å². The number of alkyl halides is 1. The number of anilines is 1. The van der Waals surface area contributed by atoms with Gasteiger partial charge in [0.1, 0.15) is 23.5 Å². The number of rotatable bonds is 2. The molecule has 5 N–H and O–H groups in total. The van der Waals surface area contributed by atoms with E-state index in [1.165, 1.54) is 10.9 Å². The quantitative estimate of drug-likeness (QED) is 0.515. The second kappa shape index (κ2) is 4.51. The molecule has 10 heteroatoms. The van der Waals surface area contributed by atoms with Crippen LogP contribution in [0, 0.1) is 0 Å². The molecule has 0 saturated carbocycles. The summed E-state index contributed by atoms with van der Waals surface area (Å²) in [6.07, 6.45) is -4.33. The molecule has 9 nitrogen and oxygen atoms in total. The van der Waals surface area contributed by atoms with Gasteiger partial charge >= 0.3 is 5.69 Å². The van der Waals surface area contributed by atoms with E-state index in [4.69, 9.17) is 15.6 Å². The minimum absolute atomic E-state index is 0.00594. The molecule has 3 heterocycles. The number of hydrogen-bond donors (Lipinski definition) is 4. The summed E-state index contributed by atoms with van der Waals surface area (Å²) >= 11 is 0. The number of halogens is 1. The zero-order valence-electron chi connectivity index (χ0n) is 10.1. The van der Waals surface area contributed by atoms with Gasteiger partial charge in [0.25, 0.3) is 0 Å². The maximum Gasteiger partial charge on any atom is 0.348 e. The average molecular weight is 285 g/mol. The van der Waals surface area contributed by atoms with Crippen molar-refractivity contribution < 1.29 is 19.3 Å². The Kier molecular flexibility index (Phi) is 2.92. The molecule has 4 atom stereocenters. The van der Waals surface area contributed by atoms with Crippen LogP contribution in [0.15, 0.2) is 11.1 Å². The zero-order valence-corrected chi connectivity index (χ0v) is 10.1. The Morgan fingerprint density at radius 3 is 3.00 bits per heavy atom. The summed E-state index contributed by atoms with van der Waals surface area (Å²) < 4.78 is 20.4. The van der Waals surface area contributed by atoms with Gasteiger partial charge in [0.15, 0.2) is 18.0 Å². The van der Waals surface area contributed by atoms with Gasteiger partial charge in [-0.1, -0.05) is 0 Å². The summed E-state index contributed by atoms with van der Waals surface area (Å²) in [7, 11) is 0. The van der Waals surface area contributed by atoms with Gasteiger partial charge in [0, 0.05) is 0 Å². The maximum atomic E-state index is 14.0. The summed E-state index contributed by atoms with van der Waals surface area (Å²) in [5.74, 6) is 0.00594. The highest BCUT2D eigenvalue weighted by Crippen LogP contribution is 2.33. The van der Waals surface area contributed by atoms with E-state index >= 15 is 0 Å². The normalized spacial score (nSPS) is 30.1. The van der Waals surface area contributed by atoms with Gasteiger partial charge < -0.3 is 20.7 Å². The largest absolute Gasteiger partial charge is 0.394 e. The lowest BCUT2D eigenvalue weighted by molar-refractivity contribution is -0.0459. The first kappa shape index (κ1) is 13.0. The van der Waals surface area contributed by atoms with Crippen molar-refractivity contribution in [2.45, 2.75) is 24.6 Å². The van der Waals surface area contributed by atoms with Crippen LogP contribution in [-0.2, 0) is 4.74 Å². The van der Waals surface area contributed by atoms with Crippen LogP contribution in [0.4, 0.5) is 10.2 Å². The van der Waals surface area contributed by atoms with E-state index in [2.05, 4.69) is 15.0 Å². The topological polar surface area (TPSA) is 139 Å². The average Bonchev–Trinajstić information content (AvgIpc) is 2.93. The molecule has 0 aliphatic carbocycles. The molecule has 1 saturated heterocycles. The molecule has 1 aliphatic rings. The molecule has 20 heavy (non-hydrogen) atoms. The third-order valence-electron chi connectivity index (χ3n) is 3.22. The van der Waals surface area contributed by atoms with Crippen molar-refractivity contribution in [3.63, 3.8) is 0 Å². The van der Waals surface area contributed by atoms with Crippen LogP contribution in [0.1, 0.15) is 6.23 Å². The number of aromatic amines is 1. The summed E-state index contributed by atoms with van der Waals surface area (Å²) in [4.78, 5) is 21.2. The fourth-order valence-electron chi connectivity index (χ4n) is 2.22. The molecule has 3 rings (SSSR count). The summed E-state index contributed by atoms with van der Waals surface area (Å²) in [5.41, 5.74) is 5.13. The van der Waals surface area contributed by atoms with Crippen LogP contribution < -0.4 is 11.4 Å². The van der Waals surface area contributed by atoms with Crippen LogP contribution in [0.2, 0.25) is 0 Å². The predicted octanol–water partition coefficient (Wildman–Crippen LogP) is -1.71. The van der Waals surface area contributed by atoms with Crippen LogP contribution in [0.25, 0.3) is 11.2 Å². The first-order valence-corrected chi connectivity index (χ1v) is 5.83. The molecule has 0 aromatic carbocycles. The molecular formula is C10H12FN5O4. The van der Waals surface area contributed by atoms with Crippen LogP contribution in [0.3, 0.4) is 0 Å². The lowest BCUT2D eigenvalue weighted by Crippen LogP contribution is -2.30. The van der Waals surface area contributed by atoms with Gasteiger partial charge in [-0.25, -0.2) is 14.2 Å². The monoisotopic (exact) mass is 285 g/mol. The van der Waals surface area contributed by atoms with E-state index < -0.39 is 36.9 Å². The molecule has 0 unspecified atom stereocenters. The predicted molar refractivity (Wildman–Crippen MR) is 64.5 cm³/mol. The Labute approximate surface area is 110 Å². The smallest absolute Gasteiger partial charge is 0.348 e. The standard InChI is InChI=1S/C10H12FN5O4/c11-4-6(18)3(1-17)20-9(4)16-2-13-5-7(12)14-10(19)15-8(5)16/h2-4,6,9,17-18H,1H2,(H3,12,14,15,19)/t3-,4+,6+,9-/m1/s1. The van der Waals surface area contributed by atoms with Crippen LogP contribution in [-0.4, -0.2) is 54.7 Å². The van der Waals surface area contributed by atoms with E-state index in [1.54, 1.807) is 0 Å². The fraction of sp³-hybridized carbons (Fsp3) is 0.500. The highest BCUT2D eigenvalue weighted by atomic mass is 19.1. The highest BCUT2D eigenvalue weighted by Gasteiger charge is 2.45. The molecule has 0 spiro atoms. The Bertz CT molecular complexity index is 701. The molecule has 2 aromatic heterocycles. The second-order valence-corrected chi connectivity index (χ2v) is 4.46. The maximum absolute atomic E-state index is 14.0. The number of aromatic nitrogens is 4. The van der Waals surface area contributed by atoms with Gasteiger partial charge in [-0.2, -0.15) is 4.98 Å². The van der Waals surface area contributed by atoms with E-state index in [0.717, 1.165) is 0 Å². The van der Waals surface area contributed by atoms with E-state index in [0.29, 0.717) is 0 Å². The number of nitrogens with two attached hydrogens (primary N) is 1. The number of hydrogen-bond acceptors (Lipinski definition) is 7. The molecule has 0 amide bonds. The Balaban J connectivity index is 2.09. The van der Waals surface area contributed by atoms with Crippen molar-refractivity contribution >= 4 is 17.0 Å². The number of aliphatic hydroxyl groups excluding tert-OH is 2. The number of fused-ring (bicyclic) bond motifs is 1. The molecule has 0 radical (unpaired) electrons. The van der Waals surface area contributed by atoms with Gasteiger partial charge in [0.05, 0.1) is 12.9 Å². The molecule has 1 aliphatic heterocycles. The number of nitrogen functional groups attached to an aromatic ring is 1. The first-order valence-electron chi connectivity index (χ1n) is 5.83. The SMILES string of the molecule is Nc1[nH]c(=O)nc2c1ncn2[C@@H]1O[C@H](CO)[C@H](O)[C@@H]1F. The Morgan fingerprint density at radius 2 is 2.35 bits per heavy atom. The van der Waals surface area contributed by atoms with Crippen LogP contribution in [0.5, 0.6) is 0 Å². The molecule has 108 valence electrons. The number of nitrogens with zero attached hydrogens (tertiary/aromatic N) is 3. The number of H-pyrrole nitrogens is 1. The summed E-state index contributed by atoms with van der Waals surface area (Å²) in [5, 5.41) is 18.6. The van der Waals surface area contributed by atoms with Gasteiger partial charge in [-0.15, -0.1) is 0 Å². The highest BCUT2D eigenvalue weighted by molar-refractivity contribution is 5.81. The van der Waals surface area contributed by atoms with Crippen molar-refractivity contribution in [1.82, 2.24) is 19.5 Å². The van der Waals surface area contributed by atoms with E-state index in [9.17, 15) is 14.3 Å². The Morgan fingerprint density at radius 1 is 1.60 bits per heavy atom. The second-order valence-electron chi connectivity index (χ2n) is 4.46. The molecule has 2 aromatic rings. The first-order chi connectivity index (χ1) is 9.52. The van der Waals surface area contributed by atoms with E-state index in [-0.39, 0.29) is 17.0 Å². The third-order valence-corrected chi connectivity index (χ3v) is 3.22. The molecular weight excluding hydrogens is 273 g/mol. The van der Waals surface area contributed by atoms with Crippen molar-refractivity contribution in [1.29, 1.82) is 0 Å². The van der Waals surface area contributed by atoms with Crippen molar-refractivity contribution in [3.8, 4) is 0 Å². The van der Waals surface area contributed by atoms with E-state index in [1.807, 2.05) is 0 Å². The fourth-order valence-corrected chi connectivity index (χ4v) is 2.22. The van der Waals surface area contributed by atoms with Crippen molar-refractivity contribution in [3.05, 3.63) is 16.8 Å². The third kappa shape index (κ3) is 1.77. The number of aliphatic hydroxyl groups is 2. The number of imidazole rings is 1. The molecule has 1 fully saturated rings. The minimum Gasteiger partial charge on any atom is -0.394 e. The number of ether oxygens (including phenoxy) is 1.